The van der Waals surface area contributed by atoms with Gasteiger partial charge in [-0.05, 0) is 20.3 Å². The van der Waals surface area contributed by atoms with Crippen molar-refractivity contribution < 1.29 is 19.5 Å². The molecule has 0 aromatic carbocycles. The summed E-state index contributed by atoms with van der Waals surface area (Å²) >= 11 is 0. The maximum absolute atomic E-state index is 9.81. The third-order valence-corrected chi connectivity index (χ3v) is 1.46. The summed E-state index contributed by atoms with van der Waals surface area (Å²) < 4.78 is 0. The van der Waals surface area contributed by atoms with Gasteiger partial charge in [0.05, 0.1) is 0 Å². The van der Waals surface area contributed by atoms with E-state index in [-0.39, 0.29) is 28.9 Å². The summed E-state index contributed by atoms with van der Waals surface area (Å²) in [6.07, 6.45) is 2.36. The highest BCUT2D eigenvalue weighted by molar-refractivity contribution is 5.75. The number of carboxylic acid groups (broad SMARTS) is 1. The molecule has 4 nitrogen and oxygen atoms in total. The van der Waals surface area contributed by atoms with Gasteiger partial charge < -0.3 is 14.7 Å². The van der Waals surface area contributed by atoms with Gasteiger partial charge in [-0.2, -0.15) is 0 Å². The van der Waals surface area contributed by atoms with Gasteiger partial charge >= 0.3 is 5.97 Å². The fraction of sp³-hybridized carbons (Fsp3) is 0.750. The molecule has 0 saturated heterocycles. The van der Waals surface area contributed by atoms with Gasteiger partial charge in [0, 0.05) is 19.3 Å². The molecule has 0 heterocycles. The molecule has 0 aliphatic heterocycles. The van der Waals surface area contributed by atoms with Crippen molar-refractivity contribution in [2.45, 2.75) is 60.3 Å². The molecule has 0 atom stereocenters. The molecular weight excluding hydrogens is 235 g/mol. The van der Waals surface area contributed by atoms with Crippen molar-refractivity contribution >= 4 is 34.9 Å². The van der Waals surface area contributed by atoms with Crippen molar-refractivity contribution in [1.29, 1.82) is 0 Å². The van der Waals surface area contributed by atoms with Crippen LogP contribution in [0.25, 0.3) is 0 Å². The van der Waals surface area contributed by atoms with Crippen LogP contribution < -0.4 is 0 Å². The molecule has 0 bridgehead atoms. The molecule has 0 fully saturated rings. The molecule has 1 N–H and O–H groups in total. The number of hydrogen-bond donors (Lipinski definition) is 1. The van der Waals surface area contributed by atoms with E-state index in [4.69, 9.17) is 5.11 Å². The summed E-state index contributed by atoms with van der Waals surface area (Å²) in [6.45, 7) is 8.71. The standard InChI is InChI=1S/C4H8O2.2C4H8O.Al.3H/c1-2-3-4(5)6;2*1-3-4(2)5;;;;/h2-3H2,1H3,(H,5,6);2*3H2,1-2H3;;;;. The Hall–Kier alpha value is -0.658. The summed E-state index contributed by atoms with van der Waals surface area (Å²) in [4.78, 5) is 29.2. The molecular formula is C12H27AlO4. The van der Waals surface area contributed by atoms with Gasteiger partial charge in [-0.3, -0.25) is 4.79 Å². The highest BCUT2D eigenvalue weighted by atomic mass is 27.0. The van der Waals surface area contributed by atoms with E-state index in [2.05, 4.69) is 0 Å². The van der Waals surface area contributed by atoms with Crippen LogP contribution in [0.5, 0.6) is 0 Å². The summed E-state index contributed by atoms with van der Waals surface area (Å²) in [5.41, 5.74) is 0. The van der Waals surface area contributed by atoms with Gasteiger partial charge in [-0.15, -0.1) is 0 Å². The van der Waals surface area contributed by atoms with Gasteiger partial charge in [0.15, 0.2) is 17.4 Å². The molecule has 0 aliphatic rings. The van der Waals surface area contributed by atoms with Crippen LogP contribution in [0.15, 0.2) is 0 Å². The van der Waals surface area contributed by atoms with Crippen molar-refractivity contribution in [1.82, 2.24) is 0 Å². The Morgan fingerprint density at radius 1 is 0.882 bits per heavy atom. The Kier molecular flexibility index (Phi) is 30.8. The first kappa shape index (κ1) is 25.3. The van der Waals surface area contributed by atoms with Crippen molar-refractivity contribution in [3.8, 4) is 0 Å². The Morgan fingerprint density at radius 3 is 1.12 bits per heavy atom. The second-order valence-corrected chi connectivity index (χ2v) is 3.25. The lowest BCUT2D eigenvalue weighted by Crippen LogP contribution is -1.90. The minimum atomic E-state index is -0.711. The van der Waals surface area contributed by atoms with Crippen LogP contribution in [0.1, 0.15) is 60.3 Å². The first-order valence-corrected chi connectivity index (χ1v) is 5.52. The minimum absolute atomic E-state index is 0. The predicted molar refractivity (Wildman–Crippen MR) is 74.4 cm³/mol. The largest absolute Gasteiger partial charge is 0.481 e. The van der Waals surface area contributed by atoms with Crippen molar-refractivity contribution in [2.24, 2.45) is 0 Å². The Labute approximate surface area is 115 Å². The summed E-state index contributed by atoms with van der Waals surface area (Å²) in [6, 6.07) is 0. The second-order valence-electron chi connectivity index (χ2n) is 3.25. The third kappa shape index (κ3) is 67.9. The monoisotopic (exact) mass is 262 g/mol. The van der Waals surface area contributed by atoms with Crippen LogP contribution in [0.3, 0.4) is 0 Å². The fourth-order valence-electron chi connectivity index (χ4n) is 0.214. The molecule has 0 radical (unpaired) electrons. The molecule has 0 aliphatic carbocycles. The van der Waals surface area contributed by atoms with Crippen molar-refractivity contribution in [3.63, 3.8) is 0 Å². The van der Waals surface area contributed by atoms with Gasteiger partial charge in [-0.25, -0.2) is 0 Å². The van der Waals surface area contributed by atoms with E-state index >= 15 is 0 Å². The summed E-state index contributed by atoms with van der Waals surface area (Å²) in [7, 11) is 0. The molecule has 0 spiro atoms. The third-order valence-electron chi connectivity index (χ3n) is 1.46. The summed E-state index contributed by atoms with van der Waals surface area (Å²) in [5.74, 6) is -0.201. The molecule has 5 heteroatoms. The zero-order chi connectivity index (χ0) is 13.6. The normalized spacial score (nSPS) is 7.35. The summed E-state index contributed by atoms with van der Waals surface area (Å²) in [5, 5.41) is 7.91. The molecule has 0 rings (SSSR count). The van der Waals surface area contributed by atoms with Gasteiger partial charge in [0.1, 0.15) is 11.6 Å². The lowest BCUT2D eigenvalue weighted by Gasteiger charge is -1.79. The van der Waals surface area contributed by atoms with Gasteiger partial charge in [0.25, 0.3) is 0 Å². The first-order chi connectivity index (χ1) is 7.31. The van der Waals surface area contributed by atoms with E-state index < -0.39 is 5.97 Å². The molecule has 0 amide bonds. The molecule has 0 aromatic heterocycles. The number of hydrogen-bond acceptors (Lipinski definition) is 3. The van der Waals surface area contributed by atoms with Gasteiger partial charge in [-0.1, -0.05) is 20.8 Å². The minimum Gasteiger partial charge on any atom is -0.481 e. The highest BCUT2D eigenvalue weighted by Crippen LogP contribution is 1.82. The van der Waals surface area contributed by atoms with Crippen LogP contribution in [0.4, 0.5) is 0 Å². The smallest absolute Gasteiger partial charge is 0.303 e. The lowest BCUT2D eigenvalue weighted by molar-refractivity contribution is -0.137. The number of carboxylic acids is 1. The van der Waals surface area contributed by atoms with E-state index in [0.717, 1.165) is 6.42 Å². The number of ketones is 2. The average Bonchev–Trinajstić information content (AvgIpc) is 2.19. The van der Waals surface area contributed by atoms with Crippen LogP contribution in [0.2, 0.25) is 0 Å². The van der Waals surface area contributed by atoms with Crippen molar-refractivity contribution in [3.05, 3.63) is 0 Å². The van der Waals surface area contributed by atoms with E-state index in [1.54, 1.807) is 13.8 Å². The quantitative estimate of drug-likeness (QED) is 0.782. The van der Waals surface area contributed by atoms with E-state index in [1.807, 2.05) is 20.8 Å². The molecule has 0 saturated carbocycles. The number of aliphatic carboxylic acids is 1. The van der Waals surface area contributed by atoms with E-state index in [0.29, 0.717) is 19.3 Å². The molecule has 17 heavy (non-hydrogen) atoms. The zero-order valence-electron chi connectivity index (χ0n) is 11.0. The number of rotatable bonds is 4. The van der Waals surface area contributed by atoms with Crippen LogP contribution in [-0.2, 0) is 14.4 Å². The number of carbonyl (C=O) groups is 3. The Morgan fingerprint density at radius 2 is 1.12 bits per heavy atom. The average molecular weight is 262 g/mol. The lowest BCUT2D eigenvalue weighted by atomic mass is 10.4. The SMILES string of the molecule is CCC(C)=O.CCC(C)=O.CCCC(=O)O.[AlH3]. The number of Topliss-reactive ketones (excluding diaryl/α,β-unsaturated/α-hetero) is 2. The Balaban J connectivity index is -0.0000000729. The maximum Gasteiger partial charge on any atom is 0.303 e. The van der Waals surface area contributed by atoms with E-state index in [1.165, 1.54) is 0 Å². The molecule has 102 valence electrons. The van der Waals surface area contributed by atoms with Crippen LogP contribution in [-0.4, -0.2) is 40.0 Å². The zero-order valence-corrected chi connectivity index (χ0v) is 11.0. The highest BCUT2D eigenvalue weighted by Gasteiger charge is 1.87. The predicted octanol–water partition coefficient (Wildman–Crippen LogP) is 1.66. The van der Waals surface area contributed by atoms with E-state index in [9.17, 15) is 14.4 Å². The topological polar surface area (TPSA) is 71.4 Å². The number of carbonyl (C=O) groups excluding carboxylic acids is 2. The first-order valence-electron chi connectivity index (χ1n) is 5.52. The van der Waals surface area contributed by atoms with Gasteiger partial charge in [0.2, 0.25) is 0 Å². The van der Waals surface area contributed by atoms with Crippen LogP contribution >= 0.6 is 0 Å². The Bertz CT molecular complexity index is 189. The second kappa shape index (κ2) is 20.7. The van der Waals surface area contributed by atoms with Crippen LogP contribution in [0, 0.1) is 0 Å². The maximum atomic E-state index is 9.81. The molecule has 0 unspecified atom stereocenters. The molecule has 0 aromatic rings. The van der Waals surface area contributed by atoms with Crippen molar-refractivity contribution in [2.75, 3.05) is 0 Å². The fourth-order valence-corrected chi connectivity index (χ4v) is 0.214.